The number of carbonyl (C=O) groups is 4. The van der Waals surface area contributed by atoms with Crippen molar-refractivity contribution in [3.8, 4) is 0 Å². The van der Waals surface area contributed by atoms with Crippen molar-refractivity contribution in [1.29, 1.82) is 0 Å². The van der Waals surface area contributed by atoms with Crippen LogP contribution in [0.25, 0.3) is 0 Å². The van der Waals surface area contributed by atoms with E-state index >= 15 is 0 Å². The average Bonchev–Trinajstić information content (AvgIpc) is 2.77. The van der Waals surface area contributed by atoms with Crippen LogP contribution < -0.4 is 5.32 Å². The highest BCUT2D eigenvalue weighted by Crippen LogP contribution is 2.23. The third-order valence-corrected chi connectivity index (χ3v) is 3.58. The van der Waals surface area contributed by atoms with Gasteiger partial charge in [-0.15, -0.1) is 0 Å². The lowest BCUT2D eigenvalue weighted by atomic mass is 10.1. The quantitative estimate of drug-likeness (QED) is 0.440. The van der Waals surface area contributed by atoms with E-state index in [4.69, 9.17) is 0 Å². The second-order valence-corrected chi connectivity index (χ2v) is 6.06. The van der Waals surface area contributed by atoms with Gasteiger partial charge in [-0.05, 0) is 12.8 Å². The monoisotopic (exact) mass is 324 g/mol. The maximum absolute atomic E-state index is 12.3. The largest absolute Gasteiger partial charge is 0.467 e. The number of imide groups is 1. The molecular weight excluding hydrogens is 300 g/mol. The van der Waals surface area contributed by atoms with Gasteiger partial charge in [-0.25, -0.2) is 4.79 Å². The van der Waals surface area contributed by atoms with Crippen molar-refractivity contribution < 1.29 is 23.9 Å². The number of ether oxygens (including phenoxy) is 1. The molecule has 0 spiro atoms. The normalized spacial score (nSPS) is 19.2. The molecule has 1 fully saturated rings. The predicted molar refractivity (Wildman–Crippen MR) is 83.0 cm³/mol. The average molecular weight is 324 g/mol. The van der Waals surface area contributed by atoms with E-state index < -0.39 is 29.7 Å². The van der Waals surface area contributed by atoms with Crippen LogP contribution in [-0.2, 0) is 23.9 Å². The van der Waals surface area contributed by atoms with Crippen LogP contribution in [0.3, 0.4) is 0 Å². The summed E-state index contributed by atoms with van der Waals surface area (Å²) in [7, 11) is 1.20. The Labute approximate surface area is 136 Å². The number of likely N-dealkylation sites (tertiary alicyclic amines) is 1. The molecule has 7 nitrogen and oxygen atoms in total. The van der Waals surface area contributed by atoms with Crippen molar-refractivity contribution in [1.82, 2.24) is 10.2 Å². The summed E-state index contributed by atoms with van der Waals surface area (Å²) in [4.78, 5) is 48.6. The molecule has 1 aliphatic heterocycles. The van der Waals surface area contributed by atoms with Gasteiger partial charge in [0.15, 0.2) is 0 Å². The van der Waals surface area contributed by atoms with Crippen LogP contribution in [0.1, 0.15) is 34.1 Å². The highest BCUT2D eigenvalue weighted by atomic mass is 16.5. The number of hydrogen-bond donors (Lipinski definition) is 1. The van der Waals surface area contributed by atoms with Crippen molar-refractivity contribution in [2.24, 2.45) is 11.8 Å². The summed E-state index contributed by atoms with van der Waals surface area (Å²) in [5.74, 6) is -2.08. The van der Waals surface area contributed by atoms with Crippen LogP contribution in [-0.4, -0.2) is 48.3 Å². The molecule has 1 N–H and O–H groups in total. The number of carbonyl (C=O) groups excluding carboxylic acids is 4. The molecule has 1 rings (SSSR count). The minimum absolute atomic E-state index is 0.109. The van der Waals surface area contributed by atoms with Gasteiger partial charge in [-0.2, -0.15) is 0 Å². The van der Waals surface area contributed by atoms with Crippen LogP contribution in [0.15, 0.2) is 11.6 Å². The number of rotatable bonds is 6. The topological polar surface area (TPSA) is 92.8 Å². The molecule has 7 heteroatoms. The van der Waals surface area contributed by atoms with E-state index in [-0.39, 0.29) is 17.9 Å². The first kappa shape index (κ1) is 18.9. The van der Waals surface area contributed by atoms with E-state index in [0.717, 1.165) is 4.90 Å². The zero-order chi connectivity index (χ0) is 17.7. The number of nitrogens with zero attached hydrogens (tertiary/aromatic N) is 1. The Balaban J connectivity index is 2.82. The van der Waals surface area contributed by atoms with Gasteiger partial charge in [-0.3, -0.25) is 19.3 Å². The molecule has 1 aliphatic rings. The summed E-state index contributed by atoms with van der Waals surface area (Å²) in [6, 6.07) is -0.976. The van der Waals surface area contributed by atoms with E-state index in [1.807, 2.05) is 13.8 Å². The van der Waals surface area contributed by atoms with Gasteiger partial charge >= 0.3 is 5.97 Å². The SMILES string of the molecule is COC(=O)[C@H](C)N1C(=O)C/C(=C\C(C)C(=O)NCC(C)C)C1=O. The number of hydrogen-bond acceptors (Lipinski definition) is 5. The van der Waals surface area contributed by atoms with Crippen molar-refractivity contribution in [3.63, 3.8) is 0 Å². The number of esters is 1. The van der Waals surface area contributed by atoms with Gasteiger partial charge in [0.2, 0.25) is 11.8 Å². The molecule has 23 heavy (non-hydrogen) atoms. The molecule has 0 aromatic heterocycles. The summed E-state index contributed by atoms with van der Waals surface area (Å²) >= 11 is 0. The fourth-order valence-corrected chi connectivity index (χ4v) is 2.23. The molecule has 2 atom stereocenters. The molecular formula is C16H24N2O5. The smallest absolute Gasteiger partial charge is 0.328 e. The third kappa shape index (κ3) is 4.64. The van der Waals surface area contributed by atoms with E-state index in [0.29, 0.717) is 12.5 Å². The van der Waals surface area contributed by atoms with Crippen molar-refractivity contribution in [2.45, 2.75) is 40.2 Å². The Bertz CT molecular complexity index is 539. The Morgan fingerprint density at radius 2 is 1.87 bits per heavy atom. The molecule has 0 aromatic rings. The Kier molecular flexibility index (Phi) is 6.48. The van der Waals surface area contributed by atoms with Crippen LogP contribution in [0.4, 0.5) is 0 Å². The maximum atomic E-state index is 12.3. The van der Waals surface area contributed by atoms with Crippen LogP contribution in [0.5, 0.6) is 0 Å². The molecule has 1 saturated heterocycles. The maximum Gasteiger partial charge on any atom is 0.328 e. The predicted octanol–water partition coefficient (Wildman–Crippen LogP) is 0.641. The fraction of sp³-hybridized carbons (Fsp3) is 0.625. The van der Waals surface area contributed by atoms with E-state index in [9.17, 15) is 19.2 Å². The summed E-state index contributed by atoms with van der Waals surface area (Å²) in [5, 5.41) is 2.78. The van der Waals surface area contributed by atoms with Gasteiger partial charge in [0, 0.05) is 12.1 Å². The van der Waals surface area contributed by atoms with Gasteiger partial charge in [0.1, 0.15) is 6.04 Å². The Hall–Kier alpha value is -2.18. The highest BCUT2D eigenvalue weighted by molar-refractivity contribution is 6.15. The Morgan fingerprint density at radius 3 is 2.39 bits per heavy atom. The molecule has 3 amide bonds. The zero-order valence-corrected chi connectivity index (χ0v) is 14.2. The molecule has 0 radical (unpaired) electrons. The first-order valence-corrected chi connectivity index (χ1v) is 7.61. The standard InChI is InChI=1S/C16H24N2O5/c1-9(2)8-17-14(20)10(3)6-12-7-13(19)18(15(12)21)11(4)16(22)23-5/h6,9-11H,7-8H2,1-5H3,(H,17,20)/b12-6+/t10?,11-/m0/s1. The Morgan fingerprint density at radius 1 is 1.26 bits per heavy atom. The highest BCUT2D eigenvalue weighted by Gasteiger charge is 2.40. The number of methoxy groups -OCH3 is 1. The minimum atomic E-state index is -0.976. The van der Waals surface area contributed by atoms with Gasteiger partial charge in [0.05, 0.1) is 19.4 Å². The second-order valence-electron chi connectivity index (χ2n) is 6.06. The van der Waals surface area contributed by atoms with Gasteiger partial charge < -0.3 is 10.1 Å². The van der Waals surface area contributed by atoms with E-state index in [1.165, 1.54) is 20.1 Å². The lowest BCUT2D eigenvalue weighted by Gasteiger charge is -2.19. The molecule has 1 unspecified atom stereocenters. The first-order chi connectivity index (χ1) is 10.7. The first-order valence-electron chi connectivity index (χ1n) is 7.61. The van der Waals surface area contributed by atoms with Crippen LogP contribution in [0.2, 0.25) is 0 Å². The lowest BCUT2D eigenvalue weighted by Crippen LogP contribution is -2.43. The fourth-order valence-electron chi connectivity index (χ4n) is 2.23. The zero-order valence-electron chi connectivity index (χ0n) is 14.2. The second kappa shape index (κ2) is 7.89. The summed E-state index contributed by atoms with van der Waals surface area (Å²) < 4.78 is 4.56. The molecule has 0 aromatic carbocycles. The van der Waals surface area contributed by atoms with Crippen LogP contribution >= 0.6 is 0 Å². The van der Waals surface area contributed by atoms with Crippen molar-refractivity contribution in [3.05, 3.63) is 11.6 Å². The van der Waals surface area contributed by atoms with E-state index in [2.05, 4.69) is 10.1 Å². The van der Waals surface area contributed by atoms with Gasteiger partial charge in [-0.1, -0.05) is 26.8 Å². The van der Waals surface area contributed by atoms with Gasteiger partial charge in [0.25, 0.3) is 5.91 Å². The third-order valence-electron chi connectivity index (χ3n) is 3.58. The molecule has 0 aliphatic carbocycles. The molecule has 0 saturated carbocycles. The molecule has 1 heterocycles. The summed E-state index contributed by atoms with van der Waals surface area (Å²) in [6.07, 6.45) is 1.38. The number of amides is 3. The van der Waals surface area contributed by atoms with Crippen LogP contribution in [0, 0.1) is 11.8 Å². The minimum Gasteiger partial charge on any atom is -0.467 e. The summed E-state index contributed by atoms with van der Waals surface area (Å²) in [6.45, 7) is 7.60. The molecule has 0 bridgehead atoms. The van der Waals surface area contributed by atoms with Crippen molar-refractivity contribution in [2.75, 3.05) is 13.7 Å². The number of nitrogens with one attached hydrogen (secondary N) is 1. The summed E-state index contributed by atoms with van der Waals surface area (Å²) in [5.41, 5.74) is 0.234. The van der Waals surface area contributed by atoms with Crippen molar-refractivity contribution >= 4 is 23.7 Å². The molecule has 128 valence electrons. The van der Waals surface area contributed by atoms with E-state index in [1.54, 1.807) is 6.92 Å². The lowest BCUT2D eigenvalue weighted by molar-refractivity contribution is -0.155.